The summed E-state index contributed by atoms with van der Waals surface area (Å²) >= 11 is 0. The van der Waals surface area contributed by atoms with Gasteiger partial charge in [0.25, 0.3) is 0 Å². The molecular formula is C14H18N2O4. The van der Waals surface area contributed by atoms with Crippen LogP contribution in [-0.4, -0.2) is 42.2 Å². The molecule has 1 N–H and O–H groups in total. The summed E-state index contributed by atoms with van der Waals surface area (Å²) in [6.45, 7) is 2.19. The summed E-state index contributed by atoms with van der Waals surface area (Å²) in [7, 11) is 3.16. The number of methoxy groups -OCH3 is 2. The van der Waals surface area contributed by atoms with Crippen LogP contribution in [0.1, 0.15) is 11.5 Å². The van der Waals surface area contributed by atoms with E-state index in [9.17, 15) is 5.11 Å². The summed E-state index contributed by atoms with van der Waals surface area (Å²) in [6.07, 6.45) is -0.374. The number of hydrogen-bond donors (Lipinski definition) is 1. The quantitative estimate of drug-likeness (QED) is 0.865. The van der Waals surface area contributed by atoms with Crippen molar-refractivity contribution in [3.05, 3.63) is 29.7 Å². The van der Waals surface area contributed by atoms with Crippen molar-refractivity contribution in [1.82, 2.24) is 10.1 Å². The lowest BCUT2D eigenvalue weighted by molar-refractivity contribution is 0.0599. The summed E-state index contributed by atoms with van der Waals surface area (Å²) in [5.74, 6) is 1.70. The highest BCUT2D eigenvalue weighted by atomic mass is 16.5. The van der Waals surface area contributed by atoms with E-state index in [2.05, 4.69) is 10.1 Å². The lowest BCUT2D eigenvalue weighted by Crippen LogP contribution is -2.17. The molecule has 0 amide bonds. The molecule has 0 saturated carbocycles. The number of aliphatic hydroxyl groups is 1. The van der Waals surface area contributed by atoms with Crippen LogP contribution in [0, 0.1) is 6.92 Å². The summed E-state index contributed by atoms with van der Waals surface area (Å²) in [5, 5.41) is 13.5. The second-order valence-corrected chi connectivity index (χ2v) is 4.51. The van der Waals surface area contributed by atoms with E-state index in [0.29, 0.717) is 11.7 Å². The first-order chi connectivity index (χ1) is 9.63. The van der Waals surface area contributed by atoms with E-state index >= 15 is 0 Å². The normalized spacial score (nSPS) is 12.4. The molecule has 6 heteroatoms. The van der Waals surface area contributed by atoms with Crippen LogP contribution in [-0.2, 0) is 11.2 Å². The number of benzene rings is 1. The minimum absolute atomic E-state index is 0.235. The first-order valence-electron chi connectivity index (χ1n) is 6.28. The molecule has 0 fully saturated rings. The van der Waals surface area contributed by atoms with Crippen LogP contribution >= 0.6 is 0 Å². The molecule has 6 nitrogen and oxygen atoms in total. The summed E-state index contributed by atoms with van der Waals surface area (Å²) in [4.78, 5) is 4.27. The van der Waals surface area contributed by atoms with Gasteiger partial charge < -0.3 is 19.1 Å². The van der Waals surface area contributed by atoms with Crippen LogP contribution in [0.5, 0.6) is 5.75 Å². The van der Waals surface area contributed by atoms with Crippen molar-refractivity contribution in [3.8, 4) is 17.1 Å². The molecule has 0 spiro atoms. The fourth-order valence-corrected chi connectivity index (χ4v) is 1.93. The second kappa shape index (κ2) is 6.49. The minimum atomic E-state index is -0.647. The summed E-state index contributed by atoms with van der Waals surface area (Å²) < 4.78 is 15.2. The van der Waals surface area contributed by atoms with Gasteiger partial charge in [0.2, 0.25) is 11.7 Å². The number of nitrogens with zero attached hydrogens (tertiary/aromatic N) is 2. The number of aromatic nitrogens is 2. The standard InChI is InChI=1S/C14H18N2O4/c1-9-6-10(4-5-12(9)19-3)14-15-13(20-16-14)7-11(17)8-18-2/h4-6,11,17H,7-8H2,1-3H3. The molecule has 20 heavy (non-hydrogen) atoms. The van der Waals surface area contributed by atoms with E-state index in [-0.39, 0.29) is 13.0 Å². The number of aryl methyl sites for hydroxylation is 1. The number of rotatable bonds is 6. The third-order valence-electron chi connectivity index (χ3n) is 2.89. The molecule has 0 aliphatic heterocycles. The van der Waals surface area contributed by atoms with Crippen LogP contribution in [0.25, 0.3) is 11.4 Å². The van der Waals surface area contributed by atoms with E-state index in [1.165, 1.54) is 7.11 Å². The fourth-order valence-electron chi connectivity index (χ4n) is 1.93. The van der Waals surface area contributed by atoms with E-state index < -0.39 is 6.10 Å². The van der Waals surface area contributed by atoms with Gasteiger partial charge in [0.05, 0.1) is 26.2 Å². The summed E-state index contributed by atoms with van der Waals surface area (Å²) in [6, 6.07) is 5.66. The van der Waals surface area contributed by atoms with Gasteiger partial charge in [0.15, 0.2) is 0 Å². The third kappa shape index (κ3) is 3.34. The summed E-state index contributed by atoms with van der Waals surface area (Å²) in [5.41, 5.74) is 1.84. The van der Waals surface area contributed by atoms with E-state index in [0.717, 1.165) is 16.9 Å². The number of ether oxygens (including phenoxy) is 2. The zero-order valence-electron chi connectivity index (χ0n) is 11.8. The average molecular weight is 278 g/mol. The molecule has 2 rings (SSSR count). The Labute approximate surface area is 117 Å². The van der Waals surface area contributed by atoms with Crippen LogP contribution in [0.15, 0.2) is 22.7 Å². The zero-order chi connectivity index (χ0) is 14.5. The highest BCUT2D eigenvalue weighted by Crippen LogP contribution is 2.24. The minimum Gasteiger partial charge on any atom is -0.496 e. The molecule has 0 bridgehead atoms. The second-order valence-electron chi connectivity index (χ2n) is 4.51. The Morgan fingerprint density at radius 1 is 1.35 bits per heavy atom. The molecule has 1 heterocycles. The maximum atomic E-state index is 9.63. The Kier molecular flexibility index (Phi) is 4.70. The molecule has 0 saturated heterocycles. The Bertz CT molecular complexity index is 568. The third-order valence-corrected chi connectivity index (χ3v) is 2.89. The molecule has 108 valence electrons. The molecule has 1 aromatic carbocycles. The first kappa shape index (κ1) is 14.5. The van der Waals surface area contributed by atoms with Crippen LogP contribution in [0.4, 0.5) is 0 Å². The van der Waals surface area contributed by atoms with E-state index in [1.807, 2.05) is 25.1 Å². The van der Waals surface area contributed by atoms with Crippen LogP contribution < -0.4 is 4.74 Å². The van der Waals surface area contributed by atoms with Gasteiger partial charge in [-0.15, -0.1) is 0 Å². The van der Waals surface area contributed by atoms with Crippen molar-refractivity contribution >= 4 is 0 Å². The van der Waals surface area contributed by atoms with Gasteiger partial charge in [-0.25, -0.2) is 0 Å². The number of aliphatic hydroxyl groups excluding tert-OH is 1. The van der Waals surface area contributed by atoms with Gasteiger partial charge in [-0.05, 0) is 30.7 Å². The molecule has 1 atom stereocenters. The smallest absolute Gasteiger partial charge is 0.229 e. The number of hydrogen-bond acceptors (Lipinski definition) is 6. The highest BCUT2D eigenvalue weighted by molar-refractivity contribution is 5.58. The van der Waals surface area contributed by atoms with Crippen molar-refractivity contribution in [2.24, 2.45) is 0 Å². The van der Waals surface area contributed by atoms with Crippen molar-refractivity contribution in [2.45, 2.75) is 19.4 Å². The lowest BCUT2D eigenvalue weighted by Gasteiger charge is -2.05. The van der Waals surface area contributed by atoms with Crippen molar-refractivity contribution in [1.29, 1.82) is 0 Å². The predicted octanol–water partition coefficient (Wildman–Crippen LogP) is 1.60. The van der Waals surface area contributed by atoms with Crippen molar-refractivity contribution in [3.63, 3.8) is 0 Å². The average Bonchev–Trinajstić information content (AvgIpc) is 2.87. The molecule has 1 unspecified atom stereocenters. The first-order valence-corrected chi connectivity index (χ1v) is 6.28. The lowest BCUT2D eigenvalue weighted by atomic mass is 10.1. The van der Waals surface area contributed by atoms with Crippen LogP contribution in [0.2, 0.25) is 0 Å². The zero-order valence-corrected chi connectivity index (χ0v) is 11.8. The van der Waals surface area contributed by atoms with E-state index in [1.54, 1.807) is 7.11 Å². The Morgan fingerprint density at radius 3 is 2.80 bits per heavy atom. The SMILES string of the molecule is COCC(O)Cc1nc(-c2ccc(OC)c(C)c2)no1. The van der Waals surface area contributed by atoms with Gasteiger partial charge in [-0.2, -0.15) is 4.98 Å². The van der Waals surface area contributed by atoms with Crippen molar-refractivity contribution < 1.29 is 19.1 Å². The van der Waals surface area contributed by atoms with Gasteiger partial charge in [-0.1, -0.05) is 5.16 Å². The monoisotopic (exact) mass is 278 g/mol. The molecule has 0 aliphatic carbocycles. The largest absolute Gasteiger partial charge is 0.496 e. The molecular weight excluding hydrogens is 260 g/mol. The van der Waals surface area contributed by atoms with Gasteiger partial charge in [0, 0.05) is 12.7 Å². The predicted molar refractivity (Wildman–Crippen MR) is 72.6 cm³/mol. The van der Waals surface area contributed by atoms with Gasteiger partial charge in [-0.3, -0.25) is 0 Å². The van der Waals surface area contributed by atoms with E-state index in [4.69, 9.17) is 14.0 Å². The highest BCUT2D eigenvalue weighted by Gasteiger charge is 2.13. The topological polar surface area (TPSA) is 77.6 Å². The Balaban J connectivity index is 2.14. The molecule has 1 aromatic heterocycles. The van der Waals surface area contributed by atoms with Crippen molar-refractivity contribution in [2.75, 3.05) is 20.8 Å². The van der Waals surface area contributed by atoms with Gasteiger partial charge in [0.1, 0.15) is 5.75 Å². The fraction of sp³-hybridized carbons (Fsp3) is 0.429. The van der Waals surface area contributed by atoms with Crippen LogP contribution in [0.3, 0.4) is 0 Å². The molecule has 0 radical (unpaired) electrons. The van der Waals surface area contributed by atoms with Gasteiger partial charge >= 0.3 is 0 Å². The Hall–Kier alpha value is -1.92. The maximum absolute atomic E-state index is 9.63. The Morgan fingerprint density at radius 2 is 2.15 bits per heavy atom. The maximum Gasteiger partial charge on any atom is 0.229 e. The molecule has 0 aliphatic rings. The molecule has 2 aromatic rings.